The van der Waals surface area contributed by atoms with Gasteiger partial charge in [-0.05, 0) is 5.56 Å². The van der Waals surface area contributed by atoms with Gasteiger partial charge >= 0.3 is 0 Å². The third-order valence-electron chi connectivity index (χ3n) is 3.54. The number of nitrogens with zero attached hydrogens (tertiary/aromatic N) is 5. The number of rotatable bonds is 6. The zero-order valence-electron chi connectivity index (χ0n) is 13.3. The Balaban J connectivity index is 1.74. The molecule has 6 nitrogen and oxygen atoms in total. The molecule has 0 unspecified atom stereocenters. The molecule has 23 heavy (non-hydrogen) atoms. The molecule has 0 radical (unpaired) electrons. The number of aromatic nitrogens is 4. The second-order valence-electron chi connectivity index (χ2n) is 5.21. The first-order chi connectivity index (χ1) is 11.3. The van der Waals surface area contributed by atoms with Crippen LogP contribution in [0.1, 0.15) is 11.4 Å². The van der Waals surface area contributed by atoms with E-state index in [1.54, 1.807) is 19.4 Å². The van der Waals surface area contributed by atoms with Crippen molar-refractivity contribution in [1.82, 2.24) is 19.5 Å². The largest absolute Gasteiger partial charge is 0.481 e. The Hall–Kier alpha value is -2.89. The van der Waals surface area contributed by atoms with Crippen LogP contribution >= 0.6 is 0 Å². The highest BCUT2D eigenvalue weighted by Crippen LogP contribution is 2.14. The summed E-state index contributed by atoms with van der Waals surface area (Å²) >= 11 is 0. The van der Waals surface area contributed by atoms with Gasteiger partial charge in [-0.3, -0.25) is 0 Å². The van der Waals surface area contributed by atoms with Crippen molar-refractivity contribution in [2.45, 2.75) is 13.1 Å². The van der Waals surface area contributed by atoms with Crippen molar-refractivity contribution in [1.29, 1.82) is 0 Å². The number of methoxy groups -OCH3 is 1. The van der Waals surface area contributed by atoms with Crippen LogP contribution in [0.25, 0.3) is 0 Å². The summed E-state index contributed by atoms with van der Waals surface area (Å²) in [5, 5.41) is 0. The van der Waals surface area contributed by atoms with Gasteiger partial charge in [0.25, 0.3) is 0 Å². The van der Waals surface area contributed by atoms with Crippen LogP contribution in [0.4, 0.5) is 5.95 Å². The molecular formula is C17H19N5O. The topological polar surface area (TPSA) is 56.1 Å². The molecule has 0 spiro atoms. The maximum absolute atomic E-state index is 5.14. The van der Waals surface area contributed by atoms with Crippen molar-refractivity contribution in [3.05, 3.63) is 66.4 Å². The molecule has 2 heterocycles. The molecule has 0 aliphatic heterocycles. The van der Waals surface area contributed by atoms with Crippen molar-refractivity contribution in [3.8, 4) is 5.88 Å². The smallest absolute Gasteiger partial charge is 0.228 e. The summed E-state index contributed by atoms with van der Waals surface area (Å²) in [6.45, 7) is 1.41. The first-order valence-corrected chi connectivity index (χ1v) is 7.38. The van der Waals surface area contributed by atoms with Crippen LogP contribution in [0, 0.1) is 0 Å². The molecule has 0 atom stereocenters. The number of benzene rings is 1. The summed E-state index contributed by atoms with van der Waals surface area (Å²) in [4.78, 5) is 15.0. The molecule has 6 heteroatoms. The third kappa shape index (κ3) is 3.66. The Bertz CT molecular complexity index is 756. The lowest BCUT2D eigenvalue weighted by Crippen LogP contribution is -2.22. The Kier molecular flexibility index (Phi) is 4.52. The van der Waals surface area contributed by atoms with E-state index in [0.29, 0.717) is 18.4 Å². The summed E-state index contributed by atoms with van der Waals surface area (Å²) < 4.78 is 7.28. The van der Waals surface area contributed by atoms with Gasteiger partial charge in [0.15, 0.2) is 0 Å². The van der Waals surface area contributed by atoms with Crippen LogP contribution in [0.2, 0.25) is 0 Å². The molecule has 0 N–H and O–H groups in total. The van der Waals surface area contributed by atoms with Gasteiger partial charge in [-0.25, -0.2) is 9.97 Å². The standard InChI is InChI=1S/C17H19N5O/c1-21(17-19-9-8-16(20-17)23-2)13-15-18-10-11-22(15)12-14-6-4-3-5-7-14/h3-11H,12-13H2,1-2H3. The molecular weight excluding hydrogens is 290 g/mol. The number of hydrogen-bond donors (Lipinski definition) is 0. The molecule has 0 amide bonds. The van der Waals surface area contributed by atoms with Gasteiger partial charge in [0.05, 0.1) is 13.7 Å². The number of anilines is 1. The fourth-order valence-corrected chi connectivity index (χ4v) is 2.33. The minimum Gasteiger partial charge on any atom is -0.481 e. The lowest BCUT2D eigenvalue weighted by Gasteiger charge is -2.18. The second kappa shape index (κ2) is 6.91. The molecule has 0 aliphatic rings. The summed E-state index contributed by atoms with van der Waals surface area (Å²) in [7, 11) is 3.54. The highest BCUT2D eigenvalue weighted by atomic mass is 16.5. The maximum atomic E-state index is 5.14. The Morgan fingerprint density at radius 3 is 2.70 bits per heavy atom. The molecule has 0 saturated heterocycles. The first kappa shape index (κ1) is 15.0. The van der Waals surface area contributed by atoms with Gasteiger partial charge in [0.2, 0.25) is 11.8 Å². The Morgan fingerprint density at radius 2 is 1.91 bits per heavy atom. The molecule has 3 aromatic rings. The van der Waals surface area contributed by atoms with E-state index in [4.69, 9.17) is 4.74 Å². The number of imidazole rings is 1. The maximum Gasteiger partial charge on any atom is 0.228 e. The van der Waals surface area contributed by atoms with E-state index in [-0.39, 0.29) is 0 Å². The predicted molar refractivity (Wildman–Crippen MR) is 88.5 cm³/mol. The van der Waals surface area contributed by atoms with E-state index in [2.05, 4.69) is 31.7 Å². The van der Waals surface area contributed by atoms with E-state index >= 15 is 0 Å². The highest BCUT2D eigenvalue weighted by Gasteiger charge is 2.10. The fourth-order valence-electron chi connectivity index (χ4n) is 2.33. The molecule has 2 aromatic heterocycles. The van der Waals surface area contributed by atoms with E-state index in [1.807, 2.05) is 42.5 Å². The van der Waals surface area contributed by atoms with Crippen molar-refractivity contribution in [2.75, 3.05) is 19.1 Å². The molecule has 118 valence electrons. The van der Waals surface area contributed by atoms with Crippen LogP contribution in [0.15, 0.2) is 55.0 Å². The molecule has 0 aliphatic carbocycles. The van der Waals surface area contributed by atoms with Gasteiger partial charge in [0, 0.05) is 38.2 Å². The predicted octanol–water partition coefficient (Wildman–Crippen LogP) is 2.37. The third-order valence-corrected chi connectivity index (χ3v) is 3.54. The second-order valence-corrected chi connectivity index (χ2v) is 5.21. The fraction of sp³-hybridized carbons (Fsp3) is 0.235. The van der Waals surface area contributed by atoms with Crippen LogP contribution in [0.5, 0.6) is 5.88 Å². The molecule has 0 saturated carbocycles. The van der Waals surface area contributed by atoms with Crippen LogP contribution in [-0.4, -0.2) is 33.7 Å². The van der Waals surface area contributed by atoms with E-state index in [9.17, 15) is 0 Å². The summed E-state index contributed by atoms with van der Waals surface area (Å²) in [5.74, 6) is 2.12. The van der Waals surface area contributed by atoms with Crippen LogP contribution in [-0.2, 0) is 13.1 Å². The van der Waals surface area contributed by atoms with E-state index in [0.717, 1.165) is 12.4 Å². The Labute approximate surface area is 135 Å². The summed E-state index contributed by atoms with van der Waals surface area (Å²) in [6, 6.07) is 12.1. The molecule has 0 fully saturated rings. The summed E-state index contributed by atoms with van der Waals surface area (Å²) in [5.41, 5.74) is 1.24. The minimum absolute atomic E-state index is 0.550. The number of hydrogen-bond acceptors (Lipinski definition) is 5. The Morgan fingerprint density at radius 1 is 1.09 bits per heavy atom. The first-order valence-electron chi connectivity index (χ1n) is 7.38. The zero-order valence-corrected chi connectivity index (χ0v) is 13.3. The number of ether oxygens (including phenoxy) is 1. The van der Waals surface area contributed by atoms with Gasteiger partial charge in [-0.1, -0.05) is 30.3 Å². The quantitative estimate of drug-likeness (QED) is 0.699. The lowest BCUT2D eigenvalue weighted by molar-refractivity contribution is 0.397. The van der Waals surface area contributed by atoms with Gasteiger partial charge in [-0.2, -0.15) is 4.98 Å². The molecule has 3 rings (SSSR count). The molecule has 0 bridgehead atoms. The van der Waals surface area contributed by atoms with Crippen molar-refractivity contribution in [2.24, 2.45) is 0 Å². The SMILES string of the molecule is COc1ccnc(N(C)Cc2nccn2Cc2ccccc2)n1. The highest BCUT2D eigenvalue weighted by molar-refractivity contribution is 5.31. The monoisotopic (exact) mass is 309 g/mol. The van der Waals surface area contributed by atoms with Gasteiger partial charge in [-0.15, -0.1) is 0 Å². The van der Waals surface area contributed by atoms with Crippen molar-refractivity contribution < 1.29 is 4.74 Å². The van der Waals surface area contributed by atoms with E-state index in [1.165, 1.54) is 5.56 Å². The van der Waals surface area contributed by atoms with Crippen molar-refractivity contribution in [3.63, 3.8) is 0 Å². The van der Waals surface area contributed by atoms with Gasteiger partial charge in [0.1, 0.15) is 5.82 Å². The van der Waals surface area contributed by atoms with Crippen molar-refractivity contribution >= 4 is 5.95 Å². The zero-order chi connectivity index (χ0) is 16.1. The lowest BCUT2D eigenvalue weighted by atomic mass is 10.2. The van der Waals surface area contributed by atoms with Crippen LogP contribution < -0.4 is 9.64 Å². The molecule has 1 aromatic carbocycles. The normalized spacial score (nSPS) is 10.5. The van der Waals surface area contributed by atoms with Crippen LogP contribution in [0.3, 0.4) is 0 Å². The van der Waals surface area contributed by atoms with Gasteiger partial charge < -0.3 is 14.2 Å². The average Bonchev–Trinajstić information content (AvgIpc) is 3.02. The average molecular weight is 309 g/mol. The summed E-state index contributed by atoms with van der Waals surface area (Å²) in [6.07, 6.45) is 5.50. The van der Waals surface area contributed by atoms with E-state index < -0.39 is 0 Å². The minimum atomic E-state index is 0.550.